The van der Waals surface area contributed by atoms with Gasteiger partial charge in [-0.05, 0) is 51.0 Å². The van der Waals surface area contributed by atoms with Gasteiger partial charge in [-0.15, -0.1) is 24.0 Å². The van der Waals surface area contributed by atoms with Gasteiger partial charge in [0.1, 0.15) is 5.76 Å². The summed E-state index contributed by atoms with van der Waals surface area (Å²) in [5.74, 6) is 1.65. The van der Waals surface area contributed by atoms with E-state index >= 15 is 0 Å². The topological polar surface area (TPSA) is 58.8 Å². The van der Waals surface area contributed by atoms with Crippen molar-refractivity contribution in [3.8, 4) is 0 Å². The van der Waals surface area contributed by atoms with E-state index in [2.05, 4.69) is 67.6 Å². The van der Waals surface area contributed by atoms with E-state index in [1.807, 2.05) is 12.1 Å². The van der Waals surface area contributed by atoms with Crippen LogP contribution in [0.15, 0.2) is 52.1 Å². The Morgan fingerprint density at radius 1 is 1.12 bits per heavy atom. The van der Waals surface area contributed by atoms with Gasteiger partial charge in [-0.2, -0.15) is 0 Å². The van der Waals surface area contributed by atoms with Crippen LogP contribution in [0, 0.1) is 0 Å². The zero-order valence-electron chi connectivity index (χ0n) is 16.0. The molecule has 6 heteroatoms. The summed E-state index contributed by atoms with van der Waals surface area (Å²) in [6.07, 6.45) is 1.67. The van der Waals surface area contributed by atoms with Crippen LogP contribution in [0.3, 0.4) is 0 Å². The molecule has 0 spiro atoms. The van der Waals surface area contributed by atoms with Gasteiger partial charge >= 0.3 is 0 Å². The third-order valence-corrected chi connectivity index (χ3v) is 3.44. The fourth-order valence-electron chi connectivity index (χ4n) is 2.21. The number of furan rings is 1. The molecule has 1 aromatic heterocycles. The summed E-state index contributed by atoms with van der Waals surface area (Å²) in [6, 6.07) is 12.2. The molecule has 144 valence electrons. The highest BCUT2D eigenvalue weighted by atomic mass is 127. The maximum absolute atomic E-state index is 5.84. The second-order valence-electron chi connectivity index (χ2n) is 6.85. The van der Waals surface area contributed by atoms with E-state index in [9.17, 15) is 0 Å². The van der Waals surface area contributed by atoms with Gasteiger partial charge in [0, 0.05) is 6.54 Å². The molecule has 2 aromatic rings. The van der Waals surface area contributed by atoms with Crippen LogP contribution in [0.4, 0.5) is 0 Å². The summed E-state index contributed by atoms with van der Waals surface area (Å²) in [4.78, 5) is 4.65. The van der Waals surface area contributed by atoms with E-state index in [-0.39, 0.29) is 29.6 Å². The molecule has 0 bridgehead atoms. The lowest BCUT2D eigenvalue weighted by molar-refractivity contribution is -0.0149. The van der Waals surface area contributed by atoms with E-state index in [1.54, 1.807) is 6.26 Å². The molecular formula is C20H30IN3O2. The summed E-state index contributed by atoms with van der Waals surface area (Å²) < 4.78 is 11.2. The predicted octanol–water partition coefficient (Wildman–Crippen LogP) is 4.47. The second-order valence-corrected chi connectivity index (χ2v) is 6.85. The Kier molecular flexibility index (Phi) is 9.72. The van der Waals surface area contributed by atoms with Gasteiger partial charge in [0.25, 0.3) is 0 Å². The first-order valence-corrected chi connectivity index (χ1v) is 8.72. The zero-order valence-corrected chi connectivity index (χ0v) is 18.4. The molecule has 0 aliphatic rings. The molecule has 0 saturated heterocycles. The molecule has 0 saturated carbocycles. The molecule has 1 heterocycles. The quantitative estimate of drug-likeness (QED) is 0.356. The highest BCUT2D eigenvalue weighted by Gasteiger charge is 2.10. The summed E-state index contributed by atoms with van der Waals surface area (Å²) in [6.45, 7) is 10.9. The first kappa shape index (κ1) is 22.5. The van der Waals surface area contributed by atoms with Gasteiger partial charge in [-0.1, -0.05) is 24.3 Å². The minimum Gasteiger partial charge on any atom is -0.467 e. The largest absolute Gasteiger partial charge is 0.467 e. The van der Waals surface area contributed by atoms with Crippen LogP contribution >= 0.6 is 24.0 Å². The number of nitrogens with zero attached hydrogens (tertiary/aromatic N) is 1. The zero-order chi connectivity index (χ0) is 18.1. The Balaban J connectivity index is 0.00000338. The van der Waals surface area contributed by atoms with Crippen LogP contribution < -0.4 is 10.6 Å². The molecule has 0 aliphatic heterocycles. The van der Waals surface area contributed by atoms with Gasteiger partial charge in [-0.25, -0.2) is 4.99 Å². The molecule has 0 aliphatic carbocycles. The normalized spacial score (nSPS) is 11.8. The maximum Gasteiger partial charge on any atom is 0.191 e. The van der Waals surface area contributed by atoms with Crippen molar-refractivity contribution in [2.75, 3.05) is 6.54 Å². The van der Waals surface area contributed by atoms with Crippen molar-refractivity contribution in [3.63, 3.8) is 0 Å². The van der Waals surface area contributed by atoms with Crippen LogP contribution in [-0.2, 0) is 24.4 Å². The number of hydrogen-bond donors (Lipinski definition) is 2. The Morgan fingerprint density at radius 3 is 2.54 bits per heavy atom. The first-order chi connectivity index (χ1) is 12.0. The average molecular weight is 471 g/mol. The Labute approximate surface area is 173 Å². The Hall–Kier alpha value is -1.54. The Morgan fingerprint density at radius 2 is 1.88 bits per heavy atom. The highest BCUT2D eigenvalue weighted by molar-refractivity contribution is 14.0. The first-order valence-electron chi connectivity index (χ1n) is 8.72. The average Bonchev–Trinajstić information content (AvgIpc) is 3.09. The molecule has 0 fully saturated rings. The van der Waals surface area contributed by atoms with Crippen molar-refractivity contribution in [2.45, 2.75) is 53.0 Å². The number of halogens is 1. The van der Waals surface area contributed by atoms with Crippen molar-refractivity contribution in [2.24, 2.45) is 4.99 Å². The van der Waals surface area contributed by atoms with Gasteiger partial charge in [0.2, 0.25) is 0 Å². The molecule has 0 unspecified atom stereocenters. The van der Waals surface area contributed by atoms with E-state index in [0.29, 0.717) is 19.7 Å². The van der Waals surface area contributed by atoms with Crippen molar-refractivity contribution in [3.05, 3.63) is 59.5 Å². The van der Waals surface area contributed by atoms with Crippen molar-refractivity contribution in [1.82, 2.24) is 10.6 Å². The summed E-state index contributed by atoms with van der Waals surface area (Å²) in [7, 11) is 0. The number of aliphatic imine (C=N–C) groups is 1. The monoisotopic (exact) mass is 471 g/mol. The third-order valence-electron chi connectivity index (χ3n) is 3.44. The van der Waals surface area contributed by atoms with Gasteiger partial charge in [0.15, 0.2) is 5.96 Å². The van der Waals surface area contributed by atoms with Crippen molar-refractivity contribution >= 4 is 29.9 Å². The molecule has 0 atom stereocenters. The molecule has 1 aromatic carbocycles. The van der Waals surface area contributed by atoms with E-state index in [0.717, 1.165) is 29.4 Å². The third kappa shape index (κ3) is 8.71. The van der Waals surface area contributed by atoms with Gasteiger partial charge in [0.05, 0.1) is 31.6 Å². The van der Waals surface area contributed by atoms with Crippen LogP contribution in [0.5, 0.6) is 0 Å². The molecule has 2 rings (SSSR count). The van der Waals surface area contributed by atoms with Crippen molar-refractivity contribution in [1.29, 1.82) is 0 Å². The van der Waals surface area contributed by atoms with Crippen LogP contribution in [0.25, 0.3) is 0 Å². The van der Waals surface area contributed by atoms with Gasteiger partial charge < -0.3 is 19.8 Å². The lowest BCUT2D eigenvalue weighted by Crippen LogP contribution is -2.36. The van der Waals surface area contributed by atoms with Crippen molar-refractivity contribution < 1.29 is 9.15 Å². The smallest absolute Gasteiger partial charge is 0.191 e. The highest BCUT2D eigenvalue weighted by Crippen LogP contribution is 2.13. The number of benzene rings is 1. The fraction of sp³-hybridized carbons (Fsp3) is 0.450. The molecule has 5 nitrogen and oxygen atoms in total. The van der Waals surface area contributed by atoms with Crippen LogP contribution in [0.2, 0.25) is 0 Å². The lowest BCUT2D eigenvalue weighted by atomic mass is 10.1. The standard InChI is InChI=1S/C20H29N3O2.HI/c1-5-21-19(23-14-18-10-7-11-24-18)22-13-16-8-6-9-17(12-16)15-25-20(2,3)4;/h6-12H,5,13-15H2,1-4H3,(H2,21,22,23);1H. The Bertz CT molecular complexity index is 664. The summed E-state index contributed by atoms with van der Waals surface area (Å²) in [5.41, 5.74) is 2.18. The van der Waals surface area contributed by atoms with E-state index < -0.39 is 0 Å². The summed E-state index contributed by atoms with van der Waals surface area (Å²) in [5, 5.41) is 6.52. The summed E-state index contributed by atoms with van der Waals surface area (Å²) >= 11 is 0. The number of hydrogen-bond acceptors (Lipinski definition) is 3. The minimum absolute atomic E-state index is 0. The number of nitrogens with one attached hydrogen (secondary N) is 2. The van der Waals surface area contributed by atoms with E-state index in [4.69, 9.17) is 9.15 Å². The number of rotatable bonds is 7. The lowest BCUT2D eigenvalue weighted by Gasteiger charge is -2.19. The maximum atomic E-state index is 5.84. The molecule has 26 heavy (non-hydrogen) atoms. The molecule has 0 amide bonds. The van der Waals surface area contributed by atoms with Crippen LogP contribution in [-0.4, -0.2) is 18.1 Å². The number of guanidine groups is 1. The molecule has 0 radical (unpaired) electrons. The van der Waals surface area contributed by atoms with Crippen LogP contribution in [0.1, 0.15) is 44.6 Å². The fourth-order valence-corrected chi connectivity index (χ4v) is 2.21. The predicted molar refractivity (Wildman–Crippen MR) is 117 cm³/mol. The van der Waals surface area contributed by atoms with E-state index in [1.165, 1.54) is 0 Å². The number of ether oxygens (including phenoxy) is 1. The molecular weight excluding hydrogens is 441 g/mol. The SMILES string of the molecule is CCNC(=NCc1cccc(COC(C)(C)C)c1)NCc1ccco1.I. The molecule has 2 N–H and O–H groups in total. The van der Waals surface area contributed by atoms with Gasteiger partial charge in [-0.3, -0.25) is 0 Å². The minimum atomic E-state index is -0.137. The second kappa shape index (κ2) is 11.2.